The summed E-state index contributed by atoms with van der Waals surface area (Å²) in [4.78, 5) is 5.18. The molecule has 1 saturated heterocycles. The number of halogens is 3. The third kappa shape index (κ3) is 3.79. The smallest absolute Gasteiger partial charge is 0.0950 e. The number of rotatable bonds is 3. The molecule has 2 atom stereocenters. The molecular weight excluding hydrogens is 451 g/mol. The molecule has 7 rings (SSSR count). The molecule has 4 bridgehead atoms. The number of aromatic nitrogens is 1. The molecule has 2 heterocycles. The first kappa shape index (κ1) is 22.2. The van der Waals surface area contributed by atoms with E-state index in [0.29, 0.717) is 10.0 Å². The van der Waals surface area contributed by atoms with Crippen LogP contribution in [0.4, 0.5) is 0 Å². The lowest BCUT2D eigenvalue weighted by atomic mass is 9.48. The Hall–Kier alpha value is -0.580. The van der Waals surface area contributed by atoms with Gasteiger partial charge in [0.15, 0.2) is 0 Å². The van der Waals surface area contributed by atoms with Gasteiger partial charge in [-0.05, 0) is 99.4 Å². The Morgan fingerprint density at radius 3 is 2.23 bits per heavy atom. The summed E-state index contributed by atoms with van der Waals surface area (Å²) in [5.41, 5.74) is 3.23. The van der Waals surface area contributed by atoms with Crippen molar-refractivity contribution in [3.05, 3.63) is 39.5 Å². The second-order valence-corrected chi connectivity index (χ2v) is 11.4. The number of aliphatic hydroxyl groups excluding tert-OH is 1. The number of aliphatic hydroxyl groups is 1. The van der Waals surface area contributed by atoms with Crippen LogP contribution in [-0.4, -0.2) is 22.7 Å². The average Bonchev–Trinajstić information content (AvgIpc) is 2.73. The summed E-state index contributed by atoms with van der Waals surface area (Å²) in [7, 11) is 0. The molecule has 4 saturated carbocycles. The summed E-state index contributed by atoms with van der Waals surface area (Å²) >= 11 is 12.8. The monoisotopic (exact) mass is 480 g/mol. The van der Waals surface area contributed by atoms with Crippen LogP contribution in [0.2, 0.25) is 10.0 Å². The van der Waals surface area contributed by atoms with Gasteiger partial charge in [0.05, 0.1) is 21.7 Å². The highest BCUT2D eigenvalue weighted by Gasteiger charge is 2.52. The molecule has 0 amide bonds. The third-order valence-electron chi connectivity index (χ3n) is 8.51. The van der Waals surface area contributed by atoms with Crippen LogP contribution in [0.1, 0.15) is 75.1 Å². The van der Waals surface area contributed by atoms with Crippen molar-refractivity contribution in [3.8, 4) is 0 Å². The predicted octanol–water partition coefficient (Wildman–Crippen LogP) is 6.61. The zero-order valence-electron chi connectivity index (χ0n) is 17.7. The summed E-state index contributed by atoms with van der Waals surface area (Å²) in [5.74, 6) is 2.57. The van der Waals surface area contributed by atoms with Gasteiger partial charge in [-0.25, -0.2) is 0 Å². The lowest BCUT2D eigenvalue weighted by molar-refractivity contribution is -0.00720. The van der Waals surface area contributed by atoms with E-state index in [1.54, 1.807) is 0 Å². The van der Waals surface area contributed by atoms with E-state index in [1.807, 2.05) is 12.1 Å². The van der Waals surface area contributed by atoms with Crippen LogP contribution in [0, 0.1) is 17.8 Å². The summed E-state index contributed by atoms with van der Waals surface area (Å²) < 4.78 is 0. The molecule has 31 heavy (non-hydrogen) atoms. The van der Waals surface area contributed by atoms with Gasteiger partial charge in [-0.15, -0.1) is 12.4 Å². The molecule has 2 N–H and O–H groups in total. The maximum atomic E-state index is 11.4. The number of benzene rings is 1. The highest BCUT2D eigenvalue weighted by Crippen LogP contribution is 2.60. The van der Waals surface area contributed by atoms with E-state index < -0.39 is 6.10 Å². The zero-order valence-corrected chi connectivity index (χ0v) is 20.1. The molecule has 6 heteroatoms. The average molecular weight is 482 g/mol. The fraction of sp³-hybridized carbons (Fsp3) is 0.640. The summed E-state index contributed by atoms with van der Waals surface area (Å²) in [6, 6.07) is 6.12. The van der Waals surface area contributed by atoms with E-state index in [4.69, 9.17) is 28.2 Å². The zero-order chi connectivity index (χ0) is 20.5. The molecule has 1 aliphatic heterocycles. The van der Waals surface area contributed by atoms with Crippen molar-refractivity contribution in [2.24, 2.45) is 17.8 Å². The molecule has 1 aromatic carbocycles. The number of piperidine rings is 1. The van der Waals surface area contributed by atoms with Crippen molar-refractivity contribution >= 4 is 46.5 Å². The van der Waals surface area contributed by atoms with Gasteiger partial charge in [-0.1, -0.05) is 29.6 Å². The quantitative estimate of drug-likeness (QED) is 0.518. The first-order chi connectivity index (χ1) is 14.5. The first-order valence-corrected chi connectivity index (χ1v) is 12.5. The molecule has 0 unspecified atom stereocenters. The summed E-state index contributed by atoms with van der Waals surface area (Å²) in [6.45, 7) is 0.971. The second kappa shape index (κ2) is 8.33. The Morgan fingerprint density at radius 2 is 1.61 bits per heavy atom. The molecule has 0 radical (unpaired) electrons. The molecule has 168 valence electrons. The second-order valence-electron chi connectivity index (χ2n) is 10.6. The van der Waals surface area contributed by atoms with Crippen LogP contribution in [0.3, 0.4) is 0 Å². The number of hydrogen-bond donors (Lipinski definition) is 2. The minimum Gasteiger partial charge on any atom is -0.387 e. The van der Waals surface area contributed by atoms with Gasteiger partial charge in [0.2, 0.25) is 0 Å². The van der Waals surface area contributed by atoms with Crippen molar-refractivity contribution in [3.63, 3.8) is 0 Å². The van der Waals surface area contributed by atoms with Gasteiger partial charge in [0.25, 0.3) is 0 Å². The molecule has 3 nitrogen and oxygen atoms in total. The molecule has 1 aromatic heterocycles. The van der Waals surface area contributed by atoms with Crippen molar-refractivity contribution in [1.82, 2.24) is 10.3 Å². The molecule has 5 fully saturated rings. The van der Waals surface area contributed by atoms with Crippen molar-refractivity contribution < 1.29 is 5.11 Å². The maximum Gasteiger partial charge on any atom is 0.0950 e. The summed E-state index contributed by atoms with van der Waals surface area (Å²) in [5, 5.41) is 17.0. The van der Waals surface area contributed by atoms with Crippen LogP contribution in [0.25, 0.3) is 10.9 Å². The Bertz CT molecular complexity index is 953. The van der Waals surface area contributed by atoms with Gasteiger partial charge < -0.3 is 10.4 Å². The van der Waals surface area contributed by atoms with E-state index in [-0.39, 0.29) is 23.9 Å². The fourth-order valence-electron chi connectivity index (χ4n) is 7.55. The number of nitrogens with one attached hydrogen (secondary N) is 1. The topological polar surface area (TPSA) is 45.2 Å². The van der Waals surface area contributed by atoms with Gasteiger partial charge in [0, 0.05) is 22.5 Å². The fourth-order valence-corrected chi connectivity index (χ4v) is 7.87. The molecule has 0 spiro atoms. The Morgan fingerprint density at radius 1 is 0.968 bits per heavy atom. The number of nitrogens with zero attached hydrogens (tertiary/aromatic N) is 1. The van der Waals surface area contributed by atoms with Gasteiger partial charge in [-0.3, -0.25) is 4.98 Å². The van der Waals surface area contributed by atoms with Gasteiger partial charge in [-0.2, -0.15) is 0 Å². The normalized spacial score (nSPS) is 35.2. The number of pyridine rings is 1. The van der Waals surface area contributed by atoms with E-state index in [9.17, 15) is 5.11 Å². The Labute approximate surface area is 200 Å². The SMILES string of the molecule is Cl.O[C@@H](c1cc(C23CC4CC(CC(C4)C2)C3)nc2cc(Cl)c(Cl)cc12)[C@H]1CCCCN1. The van der Waals surface area contributed by atoms with Crippen LogP contribution in [0.15, 0.2) is 18.2 Å². The lowest BCUT2D eigenvalue weighted by Crippen LogP contribution is -2.49. The Kier molecular flexibility index (Phi) is 5.97. The number of hydrogen-bond acceptors (Lipinski definition) is 3. The van der Waals surface area contributed by atoms with Gasteiger partial charge >= 0.3 is 0 Å². The molecular formula is C25H31Cl3N2O. The van der Waals surface area contributed by atoms with Crippen molar-refractivity contribution in [2.75, 3.05) is 6.54 Å². The third-order valence-corrected chi connectivity index (χ3v) is 9.23. The van der Waals surface area contributed by atoms with E-state index in [1.165, 1.54) is 50.6 Å². The maximum absolute atomic E-state index is 11.4. The van der Waals surface area contributed by atoms with Crippen LogP contribution >= 0.6 is 35.6 Å². The van der Waals surface area contributed by atoms with E-state index >= 15 is 0 Å². The van der Waals surface area contributed by atoms with Crippen molar-refractivity contribution in [1.29, 1.82) is 0 Å². The standard InChI is InChI=1S/C25H30Cl2N2O.ClH/c26-19-8-17-18(24(30)21-3-1-2-4-28-21)9-23(29-22(17)10-20(19)27)25-11-14-5-15(12-25)7-16(6-14)13-25;/h8-10,14-16,21,24,28,30H,1-7,11-13H2;1H/t14?,15?,16?,21-,24+,25?;/m1./s1. The van der Waals surface area contributed by atoms with E-state index in [2.05, 4.69) is 11.4 Å². The van der Waals surface area contributed by atoms with E-state index in [0.717, 1.165) is 53.6 Å². The van der Waals surface area contributed by atoms with Crippen LogP contribution < -0.4 is 5.32 Å². The highest BCUT2D eigenvalue weighted by molar-refractivity contribution is 6.42. The largest absolute Gasteiger partial charge is 0.387 e. The van der Waals surface area contributed by atoms with Gasteiger partial charge in [0.1, 0.15) is 0 Å². The highest BCUT2D eigenvalue weighted by atomic mass is 35.5. The Balaban J connectivity index is 0.00000204. The summed E-state index contributed by atoms with van der Waals surface area (Å²) in [6.07, 6.45) is 10.8. The molecule has 2 aromatic rings. The lowest BCUT2D eigenvalue weighted by Gasteiger charge is -2.56. The van der Waals surface area contributed by atoms with Crippen molar-refractivity contribution in [2.45, 2.75) is 75.3 Å². The predicted molar refractivity (Wildman–Crippen MR) is 129 cm³/mol. The van der Waals surface area contributed by atoms with Crippen LogP contribution in [-0.2, 0) is 5.41 Å². The minimum absolute atomic E-state index is 0. The molecule has 4 aliphatic carbocycles. The molecule has 5 aliphatic rings. The number of fused-ring (bicyclic) bond motifs is 1. The van der Waals surface area contributed by atoms with Crippen LogP contribution in [0.5, 0.6) is 0 Å². The first-order valence-electron chi connectivity index (χ1n) is 11.7. The minimum atomic E-state index is -0.555.